The maximum Gasteiger partial charge on any atom is 0.238 e. The molecule has 0 aliphatic rings. The first-order chi connectivity index (χ1) is 9.52. The Morgan fingerprint density at radius 1 is 1.35 bits per heavy atom. The molecule has 1 aromatic carbocycles. The zero-order valence-electron chi connectivity index (χ0n) is 12.8. The Balaban J connectivity index is 2.37. The Hall–Kier alpha value is -1.59. The summed E-state index contributed by atoms with van der Waals surface area (Å²) in [5.74, 6) is 0.621. The molecule has 0 bridgehead atoms. The van der Waals surface area contributed by atoms with E-state index in [0.29, 0.717) is 18.0 Å². The molecule has 0 heterocycles. The smallest absolute Gasteiger partial charge is 0.238 e. The van der Waals surface area contributed by atoms with Crippen LogP contribution >= 0.6 is 0 Å². The number of ether oxygens (including phenoxy) is 1. The minimum Gasteiger partial charge on any atom is -0.495 e. The number of hydrogen-bond acceptors (Lipinski definition) is 4. The van der Waals surface area contributed by atoms with Gasteiger partial charge in [0.25, 0.3) is 0 Å². The molecule has 0 spiro atoms. The Morgan fingerprint density at radius 2 is 2.10 bits per heavy atom. The predicted octanol–water partition coefficient (Wildman–Crippen LogP) is 1.48. The van der Waals surface area contributed by atoms with Gasteiger partial charge in [-0.1, -0.05) is 6.07 Å². The average molecular weight is 279 g/mol. The largest absolute Gasteiger partial charge is 0.495 e. The number of nitrogens with zero attached hydrogens (tertiary/aromatic N) is 1. The lowest BCUT2D eigenvalue weighted by molar-refractivity contribution is -0.115. The van der Waals surface area contributed by atoms with Crippen molar-refractivity contribution < 1.29 is 9.53 Å². The van der Waals surface area contributed by atoms with Gasteiger partial charge in [0.1, 0.15) is 5.75 Å². The molecule has 0 aliphatic carbocycles. The van der Waals surface area contributed by atoms with Gasteiger partial charge in [0.2, 0.25) is 5.91 Å². The molecule has 0 aromatic heterocycles. The quantitative estimate of drug-likeness (QED) is 0.708. The van der Waals surface area contributed by atoms with E-state index in [4.69, 9.17) is 4.74 Å². The van der Waals surface area contributed by atoms with Crippen molar-refractivity contribution in [2.24, 2.45) is 0 Å². The molecule has 0 aliphatic heterocycles. The first-order valence-corrected chi connectivity index (χ1v) is 6.83. The van der Waals surface area contributed by atoms with E-state index in [2.05, 4.69) is 15.5 Å². The summed E-state index contributed by atoms with van der Waals surface area (Å²) >= 11 is 0. The number of methoxy groups -OCH3 is 1. The molecule has 0 fully saturated rings. The fourth-order valence-electron chi connectivity index (χ4n) is 1.84. The number of anilines is 1. The number of nitrogens with one attached hydrogen (secondary N) is 2. The number of hydrogen-bond donors (Lipinski definition) is 2. The molecule has 1 rings (SSSR count). The summed E-state index contributed by atoms with van der Waals surface area (Å²) in [4.78, 5) is 14.0. The van der Waals surface area contributed by atoms with E-state index in [-0.39, 0.29) is 5.91 Å². The number of benzene rings is 1. The van der Waals surface area contributed by atoms with Gasteiger partial charge < -0.3 is 20.3 Å². The van der Waals surface area contributed by atoms with Crippen LogP contribution in [0.1, 0.15) is 12.0 Å². The third-order valence-corrected chi connectivity index (χ3v) is 2.87. The Bertz CT molecular complexity index is 433. The van der Waals surface area contributed by atoms with Crippen LogP contribution in [0.3, 0.4) is 0 Å². The SMILES string of the molecule is COc1ccc(C)cc1NC(=O)CNCCCN(C)C. The van der Waals surface area contributed by atoms with Gasteiger partial charge in [0.15, 0.2) is 0 Å². The van der Waals surface area contributed by atoms with Crippen LogP contribution in [0.2, 0.25) is 0 Å². The molecule has 0 unspecified atom stereocenters. The molecule has 0 radical (unpaired) electrons. The van der Waals surface area contributed by atoms with Crippen LogP contribution in [0.5, 0.6) is 5.75 Å². The van der Waals surface area contributed by atoms with Gasteiger partial charge in [-0.2, -0.15) is 0 Å². The highest BCUT2D eigenvalue weighted by Gasteiger charge is 2.07. The standard InChI is InChI=1S/C15H25N3O2/c1-12-6-7-14(20-4)13(10-12)17-15(19)11-16-8-5-9-18(2)3/h6-7,10,16H,5,8-9,11H2,1-4H3,(H,17,19). The van der Waals surface area contributed by atoms with E-state index >= 15 is 0 Å². The van der Waals surface area contributed by atoms with Crippen molar-refractivity contribution in [2.75, 3.05) is 46.2 Å². The second-order valence-electron chi connectivity index (χ2n) is 5.09. The van der Waals surface area contributed by atoms with Gasteiger partial charge in [-0.3, -0.25) is 4.79 Å². The van der Waals surface area contributed by atoms with Gasteiger partial charge in [0, 0.05) is 0 Å². The third kappa shape index (κ3) is 6.04. The first-order valence-electron chi connectivity index (χ1n) is 6.83. The molecular formula is C15H25N3O2. The highest BCUT2D eigenvalue weighted by Crippen LogP contribution is 2.24. The Morgan fingerprint density at radius 3 is 2.75 bits per heavy atom. The molecule has 5 heteroatoms. The Kier molecular flexibility index (Phi) is 7.04. The van der Waals surface area contributed by atoms with Crippen molar-refractivity contribution >= 4 is 11.6 Å². The van der Waals surface area contributed by atoms with Crippen LogP contribution in [0.25, 0.3) is 0 Å². The first kappa shape index (κ1) is 16.5. The molecule has 5 nitrogen and oxygen atoms in total. The topological polar surface area (TPSA) is 53.6 Å². The summed E-state index contributed by atoms with van der Waals surface area (Å²) in [6.45, 7) is 4.13. The minimum absolute atomic E-state index is 0.0567. The van der Waals surface area contributed by atoms with Crippen LogP contribution < -0.4 is 15.4 Å². The average Bonchev–Trinajstić information content (AvgIpc) is 2.38. The molecule has 1 aromatic rings. The van der Waals surface area contributed by atoms with Crippen molar-refractivity contribution in [2.45, 2.75) is 13.3 Å². The number of rotatable bonds is 8. The normalized spacial score (nSPS) is 10.7. The number of aryl methyl sites for hydroxylation is 1. The zero-order valence-corrected chi connectivity index (χ0v) is 12.8. The lowest BCUT2D eigenvalue weighted by Crippen LogP contribution is -2.30. The summed E-state index contributed by atoms with van der Waals surface area (Å²) in [5.41, 5.74) is 1.80. The number of carbonyl (C=O) groups is 1. The van der Waals surface area contributed by atoms with E-state index in [0.717, 1.165) is 25.1 Å². The maximum absolute atomic E-state index is 11.8. The molecule has 0 saturated carbocycles. The lowest BCUT2D eigenvalue weighted by Gasteiger charge is -2.12. The summed E-state index contributed by atoms with van der Waals surface area (Å²) in [7, 11) is 5.67. The monoisotopic (exact) mass is 279 g/mol. The molecule has 0 saturated heterocycles. The molecule has 0 atom stereocenters. The second-order valence-corrected chi connectivity index (χ2v) is 5.09. The van der Waals surface area contributed by atoms with Gasteiger partial charge in [-0.05, 0) is 58.2 Å². The van der Waals surface area contributed by atoms with Crippen molar-refractivity contribution in [3.63, 3.8) is 0 Å². The lowest BCUT2D eigenvalue weighted by atomic mass is 10.2. The fourth-order valence-corrected chi connectivity index (χ4v) is 1.84. The summed E-state index contributed by atoms with van der Waals surface area (Å²) in [6.07, 6.45) is 1.02. The van der Waals surface area contributed by atoms with Crippen LogP contribution in [0.15, 0.2) is 18.2 Å². The van der Waals surface area contributed by atoms with Crippen LogP contribution in [0.4, 0.5) is 5.69 Å². The highest BCUT2D eigenvalue weighted by atomic mass is 16.5. The highest BCUT2D eigenvalue weighted by molar-refractivity contribution is 5.93. The van der Waals surface area contributed by atoms with Crippen LogP contribution in [0, 0.1) is 6.92 Å². The van der Waals surface area contributed by atoms with Crippen molar-refractivity contribution in [1.29, 1.82) is 0 Å². The van der Waals surface area contributed by atoms with Crippen LogP contribution in [-0.4, -0.2) is 51.6 Å². The van der Waals surface area contributed by atoms with Gasteiger partial charge >= 0.3 is 0 Å². The molecular weight excluding hydrogens is 254 g/mol. The number of amides is 1. The third-order valence-electron chi connectivity index (χ3n) is 2.87. The molecule has 2 N–H and O–H groups in total. The fraction of sp³-hybridized carbons (Fsp3) is 0.533. The van der Waals surface area contributed by atoms with E-state index in [9.17, 15) is 4.79 Å². The molecule has 1 amide bonds. The van der Waals surface area contributed by atoms with E-state index < -0.39 is 0 Å². The minimum atomic E-state index is -0.0567. The summed E-state index contributed by atoms with van der Waals surface area (Å²) < 4.78 is 5.23. The predicted molar refractivity (Wildman–Crippen MR) is 82.4 cm³/mol. The van der Waals surface area contributed by atoms with Gasteiger partial charge in [-0.25, -0.2) is 0 Å². The zero-order chi connectivity index (χ0) is 15.0. The van der Waals surface area contributed by atoms with Gasteiger partial charge in [0.05, 0.1) is 19.3 Å². The van der Waals surface area contributed by atoms with E-state index in [1.807, 2.05) is 39.2 Å². The van der Waals surface area contributed by atoms with Crippen molar-refractivity contribution in [3.05, 3.63) is 23.8 Å². The second kappa shape index (κ2) is 8.55. The maximum atomic E-state index is 11.8. The van der Waals surface area contributed by atoms with E-state index in [1.54, 1.807) is 7.11 Å². The molecule has 112 valence electrons. The van der Waals surface area contributed by atoms with Crippen LogP contribution in [-0.2, 0) is 4.79 Å². The number of carbonyl (C=O) groups excluding carboxylic acids is 1. The molecule has 20 heavy (non-hydrogen) atoms. The Labute approximate surface area is 121 Å². The van der Waals surface area contributed by atoms with Gasteiger partial charge in [-0.15, -0.1) is 0 Å². The van der Waals surface area contributed by atoms with E-state index in [1.165, 1.54) is 0 Å². The van der Waals surface area contributed by atoms with Crippen molar-refractivity contribution in [1.82, 2.24) is 10.2 Å². The van der Waals surface area contributed by atoms with Crippen molar-refractivity contribution in [3.8, 4) is 5.75 Å². The summed E-state index contributed by atoms with van der Waals surface area (Å²) in [6, 6.07) is 5.71. The summed E-state index contributed by atoms with van der Waals surface area (Å²) in [5, 5.41) is 6.00.